The maximum atomic E-state index is 12.6. The second kappa shape index (κ2) is 8.05. The zero-order valence-corrected chi connectivity index (χ0v) is 14.5. The molecule has 1 aromatic rings. The van der Waals surface area contributed by atoms with Crippen molar-refractivity contribution >= 4 is 23.2 Å². The van der Waals surface area contributed by atoms with Crippen LogP contribution in [0.3, 0.4) is 0 Å². The molecule has 1 aromatic carbocycles. The van der Waals surface area contributed by atoms with Crippen LogP contribution in [-0.4, -0.2) is 25.0 Å². The van der Waals surface area contributed by atoms with Crippen molar-refractivity contribution in [2.75, 3.05) is 18.0 Å². The SMILES string of the molecule is O=C(NCCC1CCCCC1)C1CCCN1c1ccc(Cl)cc1. The van der Waals surface area contributed by atoms with Crippen LogP contribution in [0.5, 0.6) is 0 Å². The normalized spacial score (nSPS) is 22.3. The van der Waals surface area contributed by atoms with Crippen molar-refractivity contribution in [1.82, 2.24) is 5.32 Å². The lowest BCUT2D eigenvalue weighted by atomic mass is 9.87. The van der Waals surface area contributed by atoms with Gasteiger partial charge in [0, 0.05) is 23.8 Å². The molecule has 1 aliphatic heterocycles. The van der Waals surface area contributed by atoms with Crippen molar-refractivity contribution in [2.45, 2.75) is 57.4 Å². The molecule has 1 atom stereocenters. The van der Waals surface area contributed by atoms with Gasteiger partial charge in [0.1, 0.15) is 6.04 Å². The first-order chi connectivity index (χ1) is 11.2. The molecule has 1 amide bonds. The monoisotopic (exact) mass is 334 g/mol. The summed E-state index contributed by atoms with van der Waals surface area (Å²) in [4.78, 5) is 14.8. The third-order valence-corrected chi connectivity index (χ3v) is 5.54. The number of benzene rings is 1. The van der Waals surface area contributed by atoms with Gasteiger partial charge in [-0.15, -0.1) is 0 Å². The molecule has 0 spiro atoms. The predicted octanol–water partition coefficient (Wildman–Crippen LogP) is 4.40. The number of hydrogen-bond donors (Lipinski definition) is 1. The molecule has 1 N–H and O–H groups in total. The standard InChI is InChI=1S/C19H27ClN2O/c20-16-8-10-17(11-9-16)22-14-4-7-18(22)19(23)21-13-12-15-5-2-1-3-6-15/h8-11,15,18H,1-7,12-14H2,(H,21,23). The van der Waals surface area contributed by atoms with E-state index in [1.54, 1.807) is 0 Å². The van der Waals surface area contributed by atoms with Gasteiger partial charge in [0.15, 0.2) is 0 Å². The Labute approximate surface area is 144 Å². The summed E-state index contributed by atoms with van der Waals surface area (Å²) in [5.41, 5.74) is 1.10. The van der Waals surface area contributed by atoms with E-state index in [2.05, 4.69) is 10.2 Å². The summed E-state index contributed by atoms with van der Waals surface area (Å²) in [6, 6.07) is 7.79. The van der Waals surface area contributed by atoms with Crippen LogP contribution in [0.1, 0.15) is 51.4 Å². The molecular formula is C19H27ClN2O. The Morgan fingerprint density at radius 1 is 1.09 bits per heavy atom. The molecule has 1 saturated carbocycles. The summed E-state index contributed by atoms with van der Waals surface area (Å²) in [6.45, 7) is 1.77. The van der Waals surface area contributed by atoms with Crippen molar-refractivity contribution in [3.05, 3.63) is 29.3 Å². The van der Waals surface area contributed by atoms with E-state index in [1.165, 1.54) is 32.1 Å². The topological polar surface area (TPSA) is 32.3 Å². The molecule has 0 radical (unpaired) electrons. The van der Waals surface area contributed by atoms with Crippen molar-refractivity contribution in [3.8, 4) is 0 Å². The van der Waals surface area contributed by atoms with E-state index in [0.717, 1.165) is 49.0 Å². The highest BCUT2D eigenvalue weighted by Gasteiger charge is 2.30. The highest BCUT2D eigenvalue weighted by molar-refractivity contribution is 6.30. The lowest BCUT2D eigenvalue weighted by Gasteiger charge is -2.27. The Morgan fingerprint density at radius 2 is 1.83 bits per heavy atom. The summed E-state index contributed by atoms with van der Waals surface area (Å²) in [7, 11) is 0. The Kier molecular flexibility index (Phi) is 5.82. The molecule has 3 nitrogen and oxygen atoms in total. The quantitative estimate of drug-likeness (QED) is 0.865. The fourth-order valence-electron chi connectivity index (χ4n) is 3.97. The molecule has 2 aliphatic rings. The van der Waals surface area contributed by atoms with Gasteiger partial charge in [0.05, 0.1) is 0 Å². The van der Waals surface area contributed by atoms with Crippen LogP contribution in [0.15, 0.2) is 24.3 Å². The number of rotatable bonds is 5. The Balaban J connectivity index is 1.50. The average Bonchev–Trinajstić information content (AvgIpc) is 3.06. The van der Waals surface area contributed by atoms with E-state index < -0.39 is 0 Å². The number of nitrogens with one attached hydrogen (secondary N) is 1. The van der Waals surface area contributed by atoms with Gasteiger partial charge in [-0.25, -0.2) is 0 Å². The summed E-state index contributed by atoms with van der Waals surface area (Å²) < 4.78 is 0. The zero-order chi connectivity index (χ0) is 16.1. The molecule has 1 heterocycles. The minimum Gasteiger partial charge on any atom is -0.360 e. The molecule has 1 aliphatic carbocycles. The van der Waals surface area contributed by atoms with Gasteiger partial charge in [0.25, 0.3) is 0 Å². The number of halogens is 1. The zero-order valence-electron chi connectivity index (χ0n) is 13.8. The smallest absolute Gasteiger partial charge is 0.242 e. The Morgan fingerprint density at radius 3 is 2.57 bits per heavy atom. The van der Waals surface area contributed by atoms with E-state index in [0.29, 0.717) is 0 Å². The van der Waals surface area contributed by atoms with E-state index in [-0.39, 0.29) is 11.9 Å². The fraction of sp³-hybridized carbons (Fsp3) is 0.632. The largest absolute Gasteiger partial charge is 0.360 e. The van der Waals surface area contributed by atoms with Gasteiger partial charge in [-0.2, -0.15) is 0 Å². The summed E-state index contributed by atoms with van der Waals surface area (Å²) >= 11 is 5.96. The average molecular weight is 335 g/mol. The summed E-state index contributed by atoms with van der Waals surface area (Å²) in [5, 5.41) is 3.91. The number of anilines is 1. The van der Waals surface area contributed by atoms with Gasteiger partial charge in [-0.05, 0) is 49.4 Å². The van der Waals surface area contributed by atoms with Crippen LogP contribution in [0, 0.1) is 5.92 Å². The third-order valence-electron chi connectivity index (χ3n) is 5.29. The number of nitrogens with zero attached hydrogens (tertiary/aromatic N) is 1. The van der Waals surface area contributed by atoms with Crippen LogP contribution < -0.4 is 10.2 Å². The number of amides is 1. The molecule has 3 rings (SSSR count). The van der Waals surface area contributed by atoms with Gasteiger partial charge in [0.2, 0.25) is 5.91 Å². The minimum absolute atomic E-state index is 0.0254. The highest BCUT2D eigenvalue weighted by atomic mass is 35.5. The van der Waals surface area contributed by atoms with Crippen LogP contribution in [0.4, 0.5) is 5.69 Å². The van der Waals surface area contributed by atoms with E-state index in [9.17, 15) is 4.79 Å². The molecule has 0 bridgehead atoms. The lowest BCUT2D eigenvalue weighted by molar-refractivity contribution is -0.122. The maximum Gasteiger partial charge on any atom is 0.242 e. The van der Waals surface area contributed by atoms with Crippen LogP contribution in [-0.2, 0) is 4.79 Å². The van der Waals surface area contributed by atoms with E-state index in [1.807, 2.05) is 24.3 Å². The van der Waals surface area contributed by atoms with Crippen LogP contribution >= 0.6 is 11.6 Å². The van der Waals surface area contributed by atoms with Crippen LogP contribution in [0.25, 0.3) is 0 Å². The number of carbonyl (C=O) groups is 1. The van der Waals surface area contributed by atoms with Gasteiger partial charge in [-0.1, -0.05) is 43.7 Å². The van der Waals surface area contributed by atoms with Crippen LogP contribution in [0.2, 0.25) is 5.02 Å². The molecule has 1 saturated heterocycles. The predicted molar refractivity (Wildman–Crippen MR) is 96.0 cm³/mol. The molecule has 2 fully saturated rings. The Hall–Kier alpha value is -1.22. The summed E-state index contributed by atoms with van der Waals surface area (Å²) in [5.74, 6) is 1.01. The maximum absolute atomic E-state index is 12.6. The van der Waals surface area contributed by atoms with Crippen molar-refractivity contribution in [1.29, 1.82) is 0 Å². The summed E-state index contributed by atoms with van der Waals surface area (Å²) in [6.07, 6.45) is 9.96. The van der Waals surface area contributed by atoms with E-state index in [4.69, 9.17) is 11.6 Å². The third kappa shape index (κ3) is 4.41. The molecule has 0 aromatic heterocycles. The second-order valence-corrected chi connectivity index (χ2v) is 7.35. The lowest BCUT2D eigenvalue weighted by Crippen LogP contribution is -2.43. The van der Waals surface area contributed by atoms with Crippen molar-refractivity contribution in [3.63, 3.8) is 0 Å². The van der Waals surface area contributed by atoms with E-state index >= 15 is 0 Å². The molecule has 126 valence electrons. The first-order valence-electron chi connectivity index (χ1n) is 9.04. The first-order valence-corrected chi connectivity index (χ1v) is 9.42. The van der Waals surface area contributed by atoms with Crippen molar-refractivity contribution < 1.29 is 4.79 Å². The minimum atomic E-state index is -0.0254. The van der Waals surface area contributed by atoms with Gasteiger partial charge >= 0.3 is 0 Å². The number of carbonyl (C=O) groups excluding carboxylic acids is 1. The van der Waals surface area contributed by atoms with Gasteiger partial charge in [-0.3, -0.25) is 4.79 Å². The second-order valence-electron chi connectivity index (χ2n) is 6.91. The molecule has 4 heteroatoms. The van der Waals surface area contributed by atoms with Gasteiger partial charge < -0.3 is 10.2 Å². The highest BCUT2D eigenvalue weighted by Crippen LogP contribution is 2.28. The molecule has 23 heavy (non-hydrogen) atoms. The van der Waals surface area contributed by atoms with Crippen molar-refractivity contribution in [2.24, 2.45) is 5.92 Å². The first kappa shape index (κ1) is 16.6. The molecule has 1 unspecified atom stereocenters. The fourth-order valence-corrected chi connectivity index (χ4v) is 4.10. The molecular weight excluding hydrogens is 308 g/mol. The Bertz CT molecular complexity index is 511. The number of hydrogen-bond acceptors (Lipinski definition) is 2.